The number of hydrogen-bond acceptors (Lipinski definition) is 4. The summed E-state index contributed by atoms with van der Waals surface area (Å²) in [5.74, 6) is -1.53. The fraction of sp³-hybridized carbons (Fsp3) is 0.250. The van der Waals surface area contributed by atoms with Crippen LogP contribution in [0.4, 0.5) is 8.78 Å². The third-order valence-corrected chi connectivity index (χ3v) is 6.62. The van der Waals surface area contributed by atoms with Crippen LogP contribution in [0.1, 0.15) is 56.1 Å². The van der Waals surface area contributed by atoms with E-state index >= 15 is 0 Å². The molecule has 1 amide bonds. The molecule has 9 heteroatoms. The number of nitrogens with zero attached hydrogens (tertiary/aromatic N) is 1. The summed E-state index contributed by atoms with van der Waals surface area (Å²) in [7, 11) is 0.500. The first-order valence-electron chi connectivity index (χ1n) is 14.5. The molecule has 1 heterocycles. The second kappa shape index (κ2) is 19.0. The number of allylic oxidation sites excluding steroid dienone is 4. The first kappa shape index (κ1) is 36.6. The van der Waals surface area contributed by atoms with Gasteiger partial charge in [0.15, 0.2) is 11.5 Å². The van der Waals surface area contributed by atoms with E-state index in [0.29, 0.717) is 28.9 Å². The number of benzene rings is 3. The topological polar surface area (TPSA) is 92.4 Å². The van der Waals surface area contributed by atoms with Crippen molar-refractivity contribution in [3.05, 3.63) is 119 Å². The molecule has 45 heavy (non-hydrogen) atoms. The largest absolute Gasteiger partial charge is 0.480 e. The number of oxazole rings is 1. The molecule has 0 spiro atoms. The van der Waals surface area contributed by atoms with E-state index in [1.807, 2.05) is 68.4 Å². The summed E-state index contributed by atoms with van der Waals surface area (Å²) in [6, 6.07) is 22.8. The Morgan fingerprint density at radius 3 is 2.09 bits per heavy atom. The number of amides is 1. The van der Waals surface area contributed by atoms with Gasteiger partial charge in [-0.05, 0) is 49.1 Å². The van der Waals surface area contributed by atoms with E-state index in [0.717, 1.165) is 11.1 Å². The number of hydrogen-bond donors (Lipinski definition) is 2. The van der Waals surface area contributed by atoms with Gasteiger partial charge in [-0.2, -0.15) is 0 Å². The summed E-state index contributed by atoms with van der Waals surface area (Å²) < 4.78 is 29.0. The van der Waals surface area contributed by atoms with Crippen molar-refractivity contribution in [2.24, 2.45) is 0 Å². The zero-order valence-corrected chi connectivity index (χ0v) is 26.8. The minimum Gasteiger partial charge on any atom is -0.480 e. The van der Waals surface area contributed by atoms with E-state index in [1.54, 1.807) is 49.4 Å². The van der Waals surface area contributed by atoms with Crippen LogP contribution in [-0.2, 0) is 11.2 Å². The van der Waals surface area contributed by atoms with Crippen molar-refractivity contribution in [2.45, 2.75) is 52.8 Å². The molecule has 0 saturated carbocycles. The standard InChI is InChI=1S/C33H30ClFN2O4.C2H6.CH3F/c1-3-23(11-7-8-21(2)35)32-37-29(31(38)36-28(33(39)40)20-22-12-18-27(34)19-13-22)30(41-32)26-16-14-25(15-17-26)24-9-5-4-6-10-24;2*1-2/h3-7,9-19,21,28H,8,20H2,1-2H3,(H,36,38)(H,39,40);1-2H3;1H3/b11-7-,23-3+;;. The molecule has 1 aromatic heterocycles. The molecular weight excluding hydrogens is 598 g/mol. The van der Waals surface area contributed by atoms with Crippen molar-refractivity contribution in [3.63, 3.8) is 0 Å². The highest BCUT2D eigenvalue weighted by Crippen LogP contribution is 2.31. The molecule has 2 atom stereocenters. The number of aliphatic carboxylic acids is 1. The number of aromatic nitrogens is 1. The van der Waals surface area contributed by atoms with Crippen LogP contribution in [0, 0.1) is 0 Å². The van der Waals surface area contributed by atoms with Crippen LogP contribution in [0.15, 0.2) is 102 Å². The molecule has 0 aliphatic carbocycles. The van der Waals surface area contributed by atoms with Crippen molar-refractivity contribution in [1.82, 2.24) is 10.3 Å². The Kier molecular flexibility index (Phi) is 15.4. The lowest BCUT2D eigenvalue weighted by molar-refractivity contribution is -0.139. The number of halogens is 3. The lowest BCUT2D eigenvalue weighted by atomic mass is 10.0. The van der Waals surface area contributed by atoms with Crippen molar-refractivity contribution < 1.29 is 27.9 Å². The van der Waals surface area contributed by atoms with Crippen LogP contribution in [0.2, 0.25) is 5.02 Å². The zero-order valence-electron chi connectivity index (χ0n) is 26.1. The first-order valence-corrected chi connectivity index (χ1v) is 14.9. The highest BCUT2D eigenvalue weighted by molar-refractivity contribution is 6.30. The van der Waals surface area contributed by atoms with Gasteiger partial charge in [0.1, 0.15) is 12.2 Å². The highest BCUT2D eigenvalue weighted by Gasteiger charge is 2.27. The van der Waals surface area contributed by atoms with Gasteiger partial charge in [-0.1, -0.05) is 110 Å². The SMILES string of the molecule is C/C=C(\C=C/CC(C)F)c1nc(C(=O)NC(Cc2ccc(Cl)cc2)C(=O)O)c(-c2ccc(-c3ccccc3)cc2)o1.CC.CF. The van der Waals surface area contributed by atoms with Gasteiger partial charge < -0.3 is 14.8 Å². The maximum absolute atomic E-state index is 13.5. The third-order valence-electron chi connectivity index (χ3n) is 6.37. The van der Waals surface area contributed by atoms with E-state index in [-0.39, 0.29) is 30.2 Å². The molecule has 4 aromatic rings. The van der Waals surface area contributed by atoms with Gasteiger partial charge in [0, 0.05) is 22.6 Å². The molecule has 4 rings (SSSR count). The maximum Gasteiger partial charge on any atom is 0.326 e. The summed E-state index contributed by atoms with van der Waals surface area (Å²) in [5, 5.41) is 13.0. The molecule has 2 N–H and O–H groups in total. The summed E-state index contributed by atoms with van der Waals surface area (Å²) in [6.45, 7) is 7.25. The van der Waals surface area contributed by atoms with Crippen molar-refractivity contribution in [2.75, 3.05) is 7.18 Å². The Bertz CT molecular complexity index is 1550. The maximum atomic E-state index is 13.5. The first-order chi connectivity index (χ1) is 21.7. The van der Waals surface area contributed by atoms with Crippen LogP contribution < -0.4 is 5.32 Å². The molecule has 0 aliphatic heterocycles. The number of carbonyl (C=O) groups excluding carboxylic acids is 1. The van der Waals surface area contributed by atoms with E-state index in [2.05, 4.69) is 10.3 Å². The number of alkyl halides is 2. The van der Waals surface area contributed by atoms with Crippen LogP contribution >= 0.6 is 11.6 Å². The predicted octanol–water partition coefficient (Wildman–Crippen LogP) is 9.41. The molecular formula is C36H39ClF2N2O4. The van der Waals surface area contributed by atoms with Crippen LogP contribution in [-0.4, -0.2) is 41.4 Å². The van der Waals surface area contributed by atoms with Gasteiger partial charge in [-0.15, -0.1) is 0 Å². The molecule has 0 aliphatic rings. The smallest absolute Gasteiger partial charge is 0.326 e. The second-order valence-electron chi connectivity index (χ2n) is 9.50. The molecule has 238 valence electrons. The van der Waals surface area contributed by atoms with E-state index in [1.165, 1.54) is 6.92 Å². The number of carbonyl (C=O) groups is 2. The number of carboxylic acids is 1. The van der Waals surface area contributed by atoms with Gasteiger partial charge in [0.2, 0.25) is 5.89 Å². The molecule has 3 aromatic carbocycles. The molecule has 6 nitrogen and oxygen atoms in total. The van der Waals surface area contributed by atoms with E-state index in [9.17, 15) is 23.5 Å². The van der Waals surface area contributed by atoms with Crippen molar-refractivity contribution in [1.29, 1.82) is 0 Å². The second-order valence-corrected chi connectivity index (χ2v) is 9.93. The highest BCUT2D eigenvalue weighted by atomic mass is 35.5. The summed E-state index contributed by atoms with van der Waals surface area (Å²) in [4.78, 5) is 30.0. The Hall–Kier alpha value is -4.56. The number of nitrogens with one attached hydrogen (secondary N) is 1. The normalized spacial score (nSPS) is 12.3. The molecule has 2 unspecified atom stereocenters. The molecule has 0 bridgehead atoms. The van der Waals surface area contributed by atoms with Crippen molar-refractivity contribution >= 4 is 29.1 Å². The van der Waals surface area contributed by atoms with Crippen LogP contribution in [0.25, 0.3) is 28.0 Å². The van der Waals surface area contributed by atoms with E-state index < -0.39 is 24.1 Å². The minimum atomic E-state index is -1.22. The average Bonchev–Trinajstić information content (AvgIpc) is 3.51. The number of carboxylic acid groups (broad SMARTS) is 1. The average molecular weight is 637 g/mol. The van der Waals surface area contributed by atoms with Gasteiger partial charge >= 0.3 is 5.97 Å². The summed E-state index contributed by atoms with van der Waals surface area (Å²) in [5.41, 5.74) is 3.80. The van der Waals surface area contributed by atoms with Crippen molar-refractivity contribution in [3.8, 4) is 22.5 Å². The van der Waals surface area contributed by atoms with Gasteiger partial charge in [0.25, 0.3) is 5.91 Å². The van der Waals surface area contributed by atoms with E-state index in [4.69, 9.17) is 16.0 Å². The lowest BCUT2D eigenvalue weighted by Gasteiger charge is -2.14. The van der Waals surface area contributed by atoms with Crippen LogP contribution in [0.5, 0.6) is 0 Å². The summed E-state index contributed by atoms with van der Waals surface area (Å²) in [6.07, 6.45) is 4.36. The quantitative estimate of drug-likeness (QED) is 0.160. The Labute approximate surface area is 268 Å². The molecule has 0 fully saturated rings. The molecule has 0 saturated heterocycles. The monoisotopic (exact) mass is 636 g/mol. The number of rotatable bonds is 11. The fourth-order valence-electron chi connectivity index (χ4n) is 4.19. The van der Waals surface area contributed by atoms with Gasteiger partial charge in [-0.3, -0.25) is 9.18 Å². The predicted molar refractivity (Wildman–Crippen MR) is 178 cm³/mol. The summed E-state index contributed by atoms with van der Waals surface area (Å²) >= 11 is 5.95. The fourth-order valence-corrected chi connectivity index (χ4v) is 4.32. The Morgan fingerprint density at radius 2 is 1.53 bits per heavy atom. The Morgan fingerprint density at radius 1 is 0.956 bits per heavy atom. The zero-order chi connectivity index (χ0) is 33.4. The van der Waals surface area contributed by atoms with Gasteiger partial charge in [-0.25, -0.2) is 14.2 Å². The van der Waals surface area contributed by atoms with Gasteiger partial charge in [0.05, 0.1) is 7.18 Å². The minimum absolute atomic E-state index is 0.0499. The van der Waals surface area contributed by atoms with Crippen LogP contribution in [0.3, 0.4) is 0 Å². The lowest BCUT2D eigenvalue weighted by Crippen LogP contribution is -2.42. The Balaban J connectivity index is 0.00000169. The molecule has 0 radical (unpaired) electrons. The third kappa shape index (κ3) is 10.8.